The van der Waals surface area contributed by atoms with Crippen LogP contribution in [0.2, 0.25) is 0 Å². The summed E-state index contributed by atoms with van der Waals surface area (Å²) in [5.41, 5.74) is 0. The summed E-state index contributed by atoms with van der Waals surface area (Å²) >= 11 is 0. The first-order valence-corrected chi connectivity index (χ1v) is 10.4. The van der Waals surface area contributed by atoms with Gasteiger partial charge in [0.2, 0.25) is 0 Å². The zero-order chi connectivity index (χ0) is 16.0. The molecule has 2 unspecified atom stereocenters. The molecule has 0 aliphatic carbocycles. The van der Waals surface area contributed by atoms with Gasteiger partial charge in [0.05, 0.1) is 23.2 Å². The van der Waals surface area contributed by atoms with E-state index >= 15 is 0 Å². The minimum atomic E-state index is -3.74. The quantitative estimate of drug-likeness (QED) is 0.644. The standard InChI is InChI=1S/C12H24O6S2/c1-4-5-6-10(2)8-20(17,18)11(7-12(13)14)9-19(3,15)16/h10-11H,4-9H2,1-3H3,(H,13,14). The predicted octanol–water partition coefficient (Wildman–Crippen LogP) is 1.12. The highest BCUT2D eigenvalue weighted by molar-refractivity contribution is 7.95. The number of unbranched alkanes of at least 4 members (excludes halogenated alkanes) is 1. The molecule has 0 heterocycles. The lowest BCUT2D eigenvalue weighted by molar-refractivity contribution is -0.136. The summed E-state index contributed by atoms with van der Waals surface area (Å²) in [6, 6.07) is 0. The van der Waals surface area contributed by atoms with Crippen molar-refractivity contribution in [2.75, 3.05) is 17.8 Å². The largest absolute Gasteiger partial charge is 0.481 e. The number of hydrogen-bond donors (Lipinski definition) is 1. The fourth-order valence-corrected chi connectivity index (χ4v) is 5.98. The van der Waals surface area contributed by atoms with Crippen molar-refractivity contribution in [2.45, 2.75) is 44.8 Å². The van der Waals surface area contributed by atoms with Gasteiger partial charge in [-0.1, -0.05) is 26.7 Å². The van der Waals surface area contributed by atoms with E-state index < -0.39 is 43.1 Å². The molecule has 20 heavy (non-hydrogen) atoms. The minimum Gasteiger partial charge on any atom is -0.481 e. The lowest BCUT2D eigenvalue weighted by Gasteiger charge is -2.18. The van der Waals surface area contributed by atoms with Crippen LogP contribution < -0.4 is 0 Å². The molecule has 0 saturated carbocycles. The van der Waals surface area contributed by atoms with Crippen LogP contribution in [0, 0.1) is 5.92 Å². The SMILES string of the molecule is CCCCC(C)CS(=O)(=O)C(CC(=O)O)CS(C)(=O)=O. The number of aliphatic carboxylic acids is 1. The maximum Gasteiger partial charge on any atom is 0.304 e. The Balaban J connectivity index is 4.98. The van der Waals surface area contributed by atoms with Crippen molar-refractivity contribution < 1.29 is 26.7 Å². The highest BCUT2D eigenvalue weighted by Crippen LogP contribution is 2.17. The van der Waals surface area contributed by atoms with Crippen molar-refractivity contribution in [3.8, 4) is 0 Å². The highest BCUT2D eigenvalue weighted by Gasteiger charge is 2.32. The summed E-state index contributed by atoms with van der Waals surface area (Å²) in [4.78, 5) is 10.7. The Kier molecular flexibility index (Phi) is 7.72. The Labute approximate surface area is 121 Å². The van der Waals surface area contributed by atoms with Gasteiger partial charge in [0, 0.05) is 6.26 Å². The number of carboxylic acid groups (broad SMARTS) is 1. The molecule has 0 spiro atoms. The molecule has 8 heteroatoms. The van der Waals surface area contributed by atoms with Gasteiger partial charge in [-0.15, -0.1) is 0 Å². The maximum atomic E-state index is 12.2. The first-order chi connectivity index (χ1) is 8.98. The normalized spacial score (nSPS) is 15.8. The van der Waals surface area contributed by atoms with Gasteiger partial charge in [0.25, 0.3) is 0 Å². The van der Waals surface area contributed by atoms with Gasteiger partial charge in [0.1, 0.15) is 9.84 Å². The fraction of sp³-hybridized carbons (Fsp3) is 0.917. The van der Waals surface area contributed by atoms with E-state index in [1.807, 2.05) is 6.92 Å². The second kappa shape index (κ2) is 7.97. The molecule has 0 bridgehead atoms. The summed E-state index contributed by atoms with van der Waals surface area (Å²) in [5.74, 6) is -2.21. The molecular weight excluding hydrogens is 304 g/mol. The topological polar surface area (TPSA) is 106 Å². The minimum absolute atomic E-state index is 0.101. The Morgan fingerprint density at radius 1 is 1.15 bits per heavy atom. The van der Waals surface area contributed by atoms with Gasteiger partial charge in [-0.2, -0.15) is 0 Å². The average Bonchev–Trinajstić information content (AvgIpc) is 2.22. The molecule has 2 atom stereocenters. The number of carbonyl (C=O) groups is 1. The van der Waals surface area contributed by atoms with Crippen LogP contribution >= 0.6 is 0 Å². The maximum absolute atomic E-state index is 12.2. The second-order valence-corrected chi connectivity index (χ2v) is 9.90. The number of rotatable bonds is 10. The summed E-state index contributed by atoms with van der Waals surface area (Å²) in [6.45, 7) is 3.78. The van der Waals surface area contributed by atoms with Crippen molar-refractivity contribution in [3.05, 3.63) is 0 Å². The van der Waals surface area contributed by atoms with Crippen LogP contribution in [-0.2, 0) is 24.5 Å². The van der Waals surface area contributed by atoms with Crippen molar-refractivity contribution in [2.24, 2.45) is 5.92 Å². The van der Waals surface area contributed by atoms with E-state index in [1.165, 1.54) is 0 Å². The van der Waals surface area contributed by atoms with Crippen LogP contribution in [0.1, 0.15) is 39.5 Å². The molecule has 0 aliphatic heterocycles. The summed E-state index contributed by atoms with van der Waals surface area (Å²) in [5, 5.41) is 7.40. The van der Waals surface area contributed by atoms with Gasteiger partial charge < -0.3 is 5.11 Å². The lowest BCUT2D eigenvalue weighted by atomic mass is 10.1. The summed E-state index contributed by atoms with van der Waals surface area (Å²) in [7, 11) is -7.29. The van der Waals surface area contributed by atoms with Gasteiger partial charge in [0.15, 0.2) is 9.84 Å². The molecule has 0 aromatic carbocycles. The number of carboxylic acids is 1. The molecule has 0 amide bonds. The molecule has 120 valence electrons. The molecule has 0 rings (SSSR count). The van der Waals surface area contributed by atoms with Crippen LogP contribution in [0.25, 0.3) is 0 Å². The Hall–Kier alpha value is -0.630. The van der Waals surface area contributed by atoms with Crippen LogP contribution in [0.15, 0.2) is 0 Å². The Bertz CT molecular complexity index is 506. The monoisotopic (exact) mass is 328 g/mol. The van der Waals surface area contributed by atoms with E-state index in [1.54, 1.807) is 6.92 Å². The average molecular weight is 328 g/mol. The summed E-state index contributed by atoms with van der Waals surface area (Å²) in [6.07, 6.45) is 2.82. The third-order valence-electron chi connectivity index (χ3n) is 2.97. The molecule has 6 nitrogen and oxygen atoms in total. The van der Waals surface area contributed by atoms with E-state index in [9.17, 15) is 21.6 Å². The van der Waals surface area contributed by atoms with Crippen LogP contribution in [0.3, 0.4) is 0 Å². The molecule has 0 fully saturated rings. The fourth-order valence-electron chi connectivity index (χ4n) is 1.99. The van der Waals surface area contributed by atoms with E-state index in [0.717, 1.165) is 25.5 Å². The second-order valence-electron chi connectivity index (χ2n) is 5.39. The van der Waals surface area contributed by atoms with Gasteiger partial charge in [-0.25, -0.2) is 16.8 Å². The molecule has 0 aromatic rings. The first-order valence-electron chi connectivity index (χ1n) is 6.59. The number of hydrogen-bond acceptors (Lipinski definition) is 5. The van der Waals surface area contributed by atoms with E-state index in [4.69, 9.17) is 5.11 Å². The third-order valence-corrected chi connectivity index (χ3v) is 6.57. The molecule has 0 aromatic heterocycles. The van der Waals surface area contributed by atoms with Gasteiger partial charge >= 0.3 is 5.97 Å². The van der Waals surface area contributed by atoms with Crippen LogP contribution in [0.4, 0.5) is 0 Å². The highest BCUT2D eigenvalue weighted by atomic mass is 32.2. The van der Waals surface area contributed by atoms with E-state index in [0.29, 0.717) is 0 Å². The van der Waals surface area contributed by atoms with Crippen molar-refractivity contribution in [1.29, 1.82) is 0 Å². The molecular formula is C12H24O6S2. The lowest BCUT2D eigenvalue weighted by Crippen LogP contribution is -2.34. The number of sulfone groups is 2. The first kappa shape index (κ1) is 19.4. The Morgan fingerprint density at radius 3 is 2.10 bits per heavy atom. The zero-order valence-electron chi connectivity index (χ0n) is 12.2. The van der Waals surface area contributed by atoms with Gasteiger partial charge in [-0.05, 0) is 12.3 Å². The van der Waals surface area contributed by atoms with Crippen LogP contribution in [-0.4, -0.2) is 50.9 Å². The smallest absolute Gasteiger partial charge is 0.304 e. The van der Waals surface area contributed by atoms with Crippen molar-refractivity contribution in [1.82, 2.24) is 0 Å². The van der Waals surface area contributed by atoms with Gasteiger partial charge in [-0.3, -0.25) is 4.79 Å². The molecule has 0 radical (unpaired) electrons. The summed E-state index contributed by atoms with van der Waals surface area (Å²) < 4.78 is 46.9. The predicted molar refractivity (Wildman–Crippen MR) is 78.2 cm³/mol. The zero-order valence-corrected chi connectivity index (χ0v) is 13.8. The molecule has 1 N–H and O–H groups in total. The van der Waals surface area contributed by atoms with E-state index in [2.05, 4.69) is 0 Å². The van der Waals surface area contributed by atoms with E-state index in [-0.39, 0.29) is 11.7 Å². The van der Waals surface area contributed by atoms with Crippen molar-refractivity contribution in [3.63, 3.8) is 0 Å². The Morgan fingerprint density at radius 2 is 1.70 bits per heavy atom. The molecule has 0 aliphatic rings. The molecule has 0 saturated heterocycles. The third kappa shape index (κ3) is 8.52. The van der Waals surface area contributed by atoms with Crippen molar-refractivity contribution >= 4 is 25.6 Å². The van der Waals surface area contributed by atoms with Crippen LogP contribution in [0.5, 0.6) is 0 Å².